The van der Waals surface area contributed by atoms with E-state index < -0.39 is 11.6 Å². The summed E-state index contributed by atoms with van der Waals surface area (Å²) in [7, 11) is 0. The summed E-state index contributed by atoms with van der Waals surface area (Å²) in [4.78, 5) is 15.1. The van der Waals surface area contributed by atoms with E-state index in [0.29, 0.717) is 11.8 Å². The molecule has 2 fully saturated rings. The minimum Gasteiger partial charge on any atom is -0.424 e. The normalized spacial score (nSPS) is 22.2. The summed E-state index contributed by atoms with van der Waals surface area (Å²) in [6, 6.07) is 4.76. The monoisotopic (exact) mass is 457 g/mol. The highest BCUT2D eigenvalue weighted by molar-refractivity contribution is 5.42. The lowest BCUT2D eigenvalue weighted by Crippen LogP contribution is -2.48. The van der Waals surface area contributed by atoms with E-state index in [1.165, 1.54) is 0 Å². The second-order valence-corrected chi connectivity index (χ2v) is 8.34. The minimum atomic E-state index is -0.794. The van der Waals surface area contributed by atoms with Gasteiger partial charge in [-0.05, 0) is 31.6 Å². The predicted molar refractivity (Wildman–Crippen MR) is 115 cm³/mol. The summed E-state index contributed by atoms with van der Waals surface area (Å²) < 4.78 is 46.4. The number of piperidine rings is 1. The Bertz CT molecular complexity index is 1150. The molecule has 1 saturated carbocycles. The van der Waals surface area contributed by atoms with Crippen LogP contribution in [-0.2, 0) is 0 Å². The number of hydrogen-bond acceptors (Lipinski definition) is 7. The van der Waals surface area contributed by atoms with Gasteiger partial charge in [-0.15, -0.1) is 5.10 Å². The SMILES string of the molecule is Cc1cc(N2C[C@H]3CC[C@@H](C2)C3Nc2nc(Oc3cc(F)cc(F)c3)n(C=CF)n2)ncn1. The summed E-state index contributed by atoms with van der Waals surface area (Å²) in [5.74, 6) is 0.192. The van der Waals surface area contributed by atoms with Crippen LogP contribution in [0, 0.1) is 30.4 Å². The van der Waals surface area contributed by atoms with Crippen molar-refractivity contribution in [1.82, 2.24) is 24.7 Å². The van der Waals surface area contributed by atoms with Crippen molar-refractivity contribution in [2.24, 2.45) is 11.8 Å². The molecule has 2 aromatic heterocycles. The van der Waals surface area contributed by atoms with E-state index in [2.05, 4.69) is 30.3 Å². The molecule has 1 aromatic carbocycles. The Balaban J connectivity index is 1.33. The molecule has 3 aromatic rings. The molecule has 1 aliphatic carbocycles. The maximum absolute atomic E-state index is 13.5. The molecule has 33 heavy (non-hydrogen) atoms. The number of nitrogens with one attached hydrogen (secondary N) is 1. The highest BCUT2D eigenvalue weighted by Crippen LogP contribution is 2.39. The van der Waals surface area contributed by atoms with Crippen molar-refractivity contribution in [2.75, 3.05) is 23.3 Å². The number of anilines is 2. The first-order valence-corrected chi connectivity index (χ1v) is 10.7. The molecule has 2 aliphatic rings. The van der Waals surface area contributed by atoms with Crippen LogP contribution in [0.3, 0.4) is 0 Å². The first kappa shape index (κ1) is 21.2. The third-order valence-electron chi connectivity index (χ3n) is 6.09. The summed E-state index contributed by atoms with van der Waals surface area (Å²) in [5, 5.41) is 7.61. The fourth-order valence-electron chi connectivity index (χ4n) is 4.69. The van der Waals surface area contributed by atoms with Crippen molar-refractivity contribution in [1.29, 1.82) is 0 Å². The van der Waals surface area contributed by atoms with Crippen LogP contribution in [0.2, 0.25) is 0 Å². The lowest BCUT2D eigenvalue weighted by atomic mass is 9.92. The fourth-order valence-corrected chi connectivity index (χ4v) is 4.69. The molecule has 3 heterocycles. The lowest BCUT2D eigenvalue weighted by Gasteiger charge is -2.38. The molecule has 0 amide bonds. The standard InChI is InChI=1S/C22H22F3N7O/c1-13-6-19(27-12-26-13)31-10-14-2-3-15(11-31)20(14)28-21-29-22(32(30-21)5-4-23)33-18-8-16(24)7-17(25)9-18/h4-9,12,14-15,20H,2-3,10-11H2,1H3,(H,28,30)/t14-,15+,20?. The van der Waals surface area contributed by atoms with Gasteiger partial charge < -0.3 is 15.0 Å². The van der Waals surface area contributed by atoms with Crippen LogP contribution >= 0.6 is 0 Å². The number of rotatable bonds is 6. The van der Waals surface area contributed by atoms with E-state index in [0.717, 1.165) is 66.5 Å². The number of aryl methyl sites for hydroxylation is 1. The van der Waals surface area contributed by atoms with Crippen molar-refractivity contribution < 1.29 is 17.9 Å². The number of halogens is 3. The lowest BCUT2D eigenvalue weighted by molar-refractivity contribution is 0.374. The van der Waals surface area contributed by atoms with Crippen LogP contribution in [0.15, 0.2) is 36.9 Å². The van der Waals surface area contributed by atoms with E-state index >= 15 is 0 Å². The van der Waals surface area contributed by atoms with E-state index in [4.69, 9.17) is 4.74 Å². The summed E-state index contributed by atoms with van der Waals surface area (Å²) in [6.07, 6.45) is 4.99. The first-order chi connectivity index (χ1) is 16.0. The average Bonchev–Trinajstić information content (AvgIpc) is 3.22. The van der Waals surface area contributed by atoms with Gasteiger partial charge in [0.15, 0.2) is 0 Å². The maximum Gasteiger partial charge on any atom is 0.326 e. The Morgan fingerprint density at radius 2 is 1.79 bits per heavy atom. The quantitative estimate of drug-likeness (QED) is 0.595. The van der Waals surface area contributed by atoms with E-state index in [1.807, 2.05) is 13.0 Å². The number of ether oxygens (including phenoxy) is 1. The third-order valence-corrected chi connectivity index (χ3v) is 6.09. The molecule has 3 atom stereocenters. The van der Waals surface area contributed by atoms with Gasteiger partial charge in [-0.3, -0.25) is 0 Å². The van der Waals surface area contributed by atoms with E-state index in [-0.39, 0.29) is 30.1 Å². The van der Waals surface area contributed by atoms with Gasteiger partial charge in [0, 0.05) is 49.1 Å². The Morgan fingerprint density at radius 1 is 1.06 bits per heavy atom. The van der Waals surface area contributed by atoms with Crippen molar-refractivity contribution in [3.8, 4) is 11.8 Å². The van der Waals surface area contributed by atoms with Gasteiger partial charge in [0.2, 0.25) is 5.95 Å². The molecule has 1 N–H and O–H groups in total. The zero-order valence-corrected chi connectivity index (χ0v) is 17.8. The highest BCUT2D eigenvalue weighted by Gasteiger charge is 2.43. The van der Waals surface area contributed by atoms with Gasteiger partial charge >= 0.3 is 6.01 Å². The predicted octanol–water partition coefficient (Wildman–Crippen LogP) is 4.17. The van der Waals surface area contributed by atoms with E-state index in [9.17, 15) is 13.2 Å². The zero-order valence-electron chi connectivity index (χ0n) is 17.8. The third kappa shape index (κ3) is 4.48. The Labute approximate surface area is 188 Å². The number of nitrogens with zero attached hydrogens (tertiary/aromatic N) is 6. The molecule has 2 bridgehead atoms. The molecule has 1 unspecified atom stereocenters. The smallest absolute Gasteiger partial charge is 0.326 e. The summed E-state index contributed by atoms with van der Waals surface area (Å²) in [6.45, 7) is 3.61. The van der Waals surface area contributed by atoms with Crippen molar-refractivity contribution >= 4 is 18.0 Å². The Morgan fingerprint density at radius 3 is 2.45 bits per heavy atom. The molecular formula is C22H22F3N7O. The number of benzene rings is 1. The van der Waals surface area contributed by atoms with Gasteiger partial charge in [0.05, 0.1) is 6.20 Å². The molecule has 0 spiro atoms. The second kappa shape index (κ2) is 8.72. The largest absolute Gasteiger partial charge is 0.424 e. The van der Waals surface area contributed by atoms with Crippen LogP contribution in [-0.4, -0.2) is 43.9 Å². The van der Waals surface area contributed by atoms with E-state index in [1.54, 1.807) is 6.33 Å². The number of hydrogen-bond donors (Lipinski definition) is 1. The van der Waals surface area contributed by atoms with Crippen LogP contribution in [0.25, 0.3) is 6.20 Å². The van der Waals surface area contributed by atoms with Gasteiger partial charge in [-0.1, -0.05) is 0 Å². The van der Waals surface area contributed by atoms with Gasteiger partial charge in [-0.25, -0.2) is 23.1 Å². The topological polar surface area (TPSA) is 81.0 Å². The zero-order chi connectivity index (χ0) is 22.9. The molecule has 1 aliphatic heterocycles. The number of aromatic nitrogens is 5. The van der Waals surface area contributed by atoms with Crippen LogP contribution < -0.4 is 15.0 Å². The first-order valence-electron chi connectivity index (χ1n) is 10.7. The molecule has 11 heteroatoms. The second-order valence-electron chi connectivity index (χ2n) is 8.34. The number of fused-ring (bicyclic) bond motifs is 2. The van der Waals surface area contributed by atoms with Gasteiger partial charge in [0.25, 0.3) is 0 Å². The van der Waals surface area contributed by atoms with Crippen molar-refractivity contribution in [3.63, 3.8) is 0 Å². The summed E-state index contributed by atoms with van der Waals surface area (Å²) in [5.41, 5.74) is 0.925. The van der Waals surface area contributed by atoms with Crippen molar-refractivity contribution in [2.45, 2.75) is 25.8 Å². The van der Waals surface area contributed by atoms with Crippen LogP contribution in [0.1, 0.15) is 18.5 Å². The fraction of sp³-hybridized carbons (Fsp3) is 0.364. The maximum atomic E-state index is 13.5. The minimum absolute atomic E-state index is 0.103. The Hall–Kier alpha value is -3.63. The summed E-state index contributed by atoms with van der Waals surface area (Å²) >= 11 is 0. The molecular weight excluding hydrogens is 435 g/mol. The van der Waals surface area contributed by atoms with Crippen LogP contribution in [0.5, 0.6) is 11.8 Å². The average molecular weight is 457 g/mol. The molecule has 8 nitrogen and oxygen atoms in total. The Kier molecular flexibility index (Phi) is 5.61. The van der Waals surface area contributed by atoms with Crippen LogP contribution in [0.4, 0.5) is 24.9 Å². The van der Waals surface area contributed by atoms with Gasteiger partial charge in [0.1, 0.15) is 35.9 Å². The highest BCUT2D eigenvalue weighted by atomic mass is 19.1. The van der Waals surface area contributed by atoms with Gasteiger partial charge in [-0.2, -0.15) is 9.67 Å². The molecule has 172 valence electrons. The molecule has 5 rings (SSSR count). The molecule has 1 saturated heterocycles. The molecule has 0 radical (unpaired) electrons. The van der Waals surface area contributed by atoms with Crippen molar-refractivity contribution in [3.05, 3.63) is 54.3 Å².